The average molecular weight is 416 g/mol. The average Bonchev–Trinajstić information content (AvgIpc) is 3.41. The number of quaternary nitrogens is 1. The van der Waals surface area contributed by atoms with Crippen LogP contribution in [0, 0.1) is 6.92 Å². The summed E-state index contributed by atoms with van der Waals surface area (Å²) in [5, 5.41) is 13.4. The highest BCUT2D eigenvalue weighted by Crippen LogP contribution is 2.24. The van der Waals surface area contributed by atoms with E-state index in [0.29, 0.717) is 6.54 Å². The highest BCUT2D eigenvalue weighted by Gasteiger charge is 2.32. The van der Waals surface area contributed by atoms with Crippen molar-refractivity contribution in [2.45, 2.75) is 39.3 Å². The van der Waals surface area contributed by atoms with Crippen LogP contribution in [0.1, 0.15) is 43.0 Å². The van der Waals surface area contributed by atoms with Crippen molar-refractivity contribution >= 4 is 17.3 Å². The number of halogens is 1. The molecule has 4 rings (SSSR count). The second-order valence-corrected chi connectivity index (χ2v) is 8.13. The molecule has 1 aliphatic heterocycles. The Kier molecular flexibility index (Phi) is 6.16. The molecule has 0 unspecified atom stereocenters. The largest absolute Gasteiger partial charge is 0.467 e. The van der Waals surface area contributed by atoms with Crippen LogP contribution in [0.2, 0.25) is 5.02 Å². The van der Waals surface area contributed by atoms with Gasteiger partial charge in [-0.25, -0.2) is 4.68 Å². The van der Waals surface area contributed by atoms with E-state index in [4.69, 9.17) is 16.0 Å². The Balaban J connectivity index is 1.48. The predicted octanol–water partition coefficient (Wildman–Crippen LogP) is 2.52. The number of aryl methyl sites for hydroxylation is 1. The Morgan fingerprint density at radius 2 is 2.07 bits per heavy atom. The van der Waals surface area contributed by atoms with Gasteiger partial charge in [0, 0.05) is 17.1 Å². The number of aromatic nitrogens is 4. The van der Waals surface area contributed by atoms with Crippen molar-refractivity contribution in [2.75, 3.05) is 31.1 Å². The van der Waals surface area contributed by atoms with Crippen molar-refractivity contribution in [1.29, 1.82) is 0 Å². The van der Waals surface area contributed by atoms with Crippen LogP contribution in [0.4, 0.5) is 5.69 Å². The fourth-order valence-electron chi connectivity index (χ4n) is 4.23. The van der Waals surface area contributed by atoms with Crippen molar-refractivity contribution in [3.8, 4) is 0 Å². The smallest absolute Gasteiger partial charge is 0.209 e. The molecular weight excluding hydrogens is 388 g/mol. The van der Waals surface area contributed by atoms with E-state index in [2.05, 4.69) is 46.4 Å². The molecule has 0 saturated carbocycles. The second kappa shape index (κ2) is 8.97. The zero-order chi connectivity index (χ0) is 20.2. The molecule has 1 fully saturated rings. The lowest BCUT2D eigenvalue weighted by atomic mass is 10.1. The first-order valence-electron chi connectivity index (χ1n) is 10.3. The second-order valence-electron chi connectivity index (χ2n) is 7.69. The normalized spacial score (nSPS) is 16.3. The van der Waals surface area contributed by atoms with E-state index >= 15 is 0 Å². The van der Waals surface area contributed by atoms with E-state index in [1.165, 1.54) is 11.3 Å². The molecular formula is C21H28ClN6O+. The minimum Gasteiger partial charge on any atom is -0.467 e. The van der Waals surface area contributed by atoms with Crippen LogP contribution in [0.3, 0.4) is 0 Å². The number of anilines is 1. The maximum atomic E-state index is 6.24. The number of nitrogens with zero attached hydrogens (tertiary/aromatic N) is 5. The molecule has 0 spiro atoms. The molecule has 29 heavy (non-hydrogen) atoms. The Hall–Kier alpha value is -2.38. The van der Waals surface area contributed by atoms with E-state index in [1.807, 2.05) is 22.9 Å². The summed E-state index contributed by atoms with van der Waals surface area (Å²) in [5.74, 6) is 1.82. The SMILES string of the molecule is CCC[C@@H](c1nnnn1Cc1ccco1)[NH+]1CCN(c2cc(Cl)ccc2C)CC1. The van der Waals surface area contributed by atoms with Crippen LogP contribution in [0.5, 0.6) is 0 Å². The van der Waals surface area contributed by atoms with Gasteiger partial charge in [-0.05, 0) is 47.2 Å². The van der Waals surface area contributed by atoms with Gasteiger partial charge in [-0.3, -0.25) is 0 Å². The summed E-state index contributed by atoms with van der Waals surface area (Å²) in [6.45, 7) is 9.02. The molecule has 1 atom stereocenters. The number of tetrazole rings is 1. The van der Waals surface area contributed by atoms with E-state index in [1.54, 1.807) is 11.2 Å². The number of nitrogens with one attached hydrogen (secondary N) is 1. The standard InChI is InChI=1S/C21H27ClN6O/c1-3-5-19(21-23-24-25-28(21)15-18-6-4-13-29-18)26-9-11-27(12-10-26)20-14-17(22)8-7-16(20)2/h4,6-8,13-14,19H,3,5,9-12,15H2,1-2H3/p+1/t19-/m0/s1. The summed E-state index contributed by atoms with van der Waals surface area (Å²) >= 11 is 6.24. The van der Waals surface area contributed by atoms with Gasteiger partial charge in [0.1, 0.15) is 18.3 Å². The monoisotopic (exact) mass is 415 g/mol. The van der Waals surface area contributed by atoms with Gasteiger partial charge in [0.15, 0.2) is 0 Å². The fourth-order valence-corrected chi connectivity index (χ4v) is 4.40. The third-order valence-corrected chi connectivity index (χ3v) is 5.98. The molecule has 154 valence electrons. The van der Waals surface area contributed by atoms with Gasteiger partial charge in [-0.15, -0.1) is 5.10 Å². The summed E-state index contributed by atoms with van der Waals surface area (Å²) in [5.41, 5.74) is 2.51. The minimum absolute atomic E-state index is 0.285. The molecule has 1 N–H and O–H groups in total. The van der Waals surface area contributed by atoms with E-state index in [0.717, 1.165) is 55.6 Å². The number of hydrogen-bond acceptors (Lipinski definition) is 5. The maximum absolute atomic E-state index is 6.24. The zero-order valence-corrected chi connectivity index (χ0v) is 17.8. The molecule has 8 heteroatoms. The number of rotatable bonds is 7. The van der Waals surface area contributed by atoms with Gasteiger partial charge < -0.3 is 14.2 Å². The summed E-state index contributed by atoms with van der Waals surface area (Å²) < 4.78 is 7.38. The van der Waals surface area contributed by atoms with Crippen LogP contribution >= 0.6 is 11.6 Å². The quantitative estimate of drug-likeness (QED) is 0.642. The molecule has 2 aromatic heterocycles. The molecule has 0 aliphatic carbocycles. The molecule has 7 nitrogen and oxygen atoms in total. The first-order valence-corrected chi connectivity index (χ1v) is 10.7. The molecule has 1 aromatic carbocycles. The molecule has 0 radical (unpaired) electrons. The van der Waals surface area contributed by atoms with Crippen molar-refractivity contribution < 1.29 is 9.32 Å². The summed E-state index contributed by atoms with van der Waals surface area (Å²) in [4.78, 5) is 3.98. The Morgan fingerprint density at radius 1 is 1.24 bits per heavy atom. The van der Waals surface area contributed by atoms with Crippen molar-refractivity contribution in [3.63, 3.8) is 0 Å². The van der Waals surface area contributed by atoms with Crippen LogP contribution < -0.4 is 9.80 Å². The highest BCUT2D eigenvalue weighted by atomic mass is 35.5. The van der Waals surface area contributed by atoms with Crippen molar-refractivity contribution in [2.24, 2.45) is 0 Å². The molecule has 0 amide bonds. The van der Waals surface area contributed by atoms with Crippen LogP contribution in [0.25, 0.3) is 0 Å². The number of benzene rings is 1. The lowest BCUT2D eigenvalue weighted by molar-refractivity contribution is -0.933. The number of piperazine rings is 1. The Morgan fingerprint density at radius 3 is 2.79 bits per heavy atom. The third-order valence-electron chi connectivity index (χ3n) is 5.74. The molecule has 1 aliphatic rings. The molecule has 3 heterocycles. The zero-order valence-electron chi connectivity index (χ0n) is 17.0. The van der Waals surface area contributed by atoms with Gasteiger partial charge >= 0.3 is 0 Å². The molecule has 3 aromatic rings. The lowest BCUT2D eigenvalue weighted by Gasteiger charge is -2.37. The van der Waals surface area contributed by atoms with E-state index < -0.39 is 0 Å². The van der Waals surface area contributed by atoms with Crippen LogP contribution in [0.15, 0.2) is 41.0 Å². The van der Waals surface area contributed by atoms with Gasteiger partial charge in [-0.1, -0.05) is 31.0 Å². The van der Waals surface area contributed by atoms with Crippen LogP contribution in [-0.4, -0.2) is 46.4 Å². The highest BCUT2D eigenvalue weighted by molar-refractivity contribution is 6.30. The lowest BCUT2D eigenvalue weighted by Crippen LogP contribution is -3.15. The number of furan rings is 1. The summed E-state index contributed by atoms with van der Waals surface area (Å²) in [7, 11) is 0. The first kappa shape index (κ1) is 19.9. The Labute approximate surface area is 176 Å². The maximum Gasteiger partial charge on any atom is 0.209 e. The van der Waals surface area contributed by atoms with Gasteiger partial charge in [0.05, 0.1) is 32.4 Å². The predicted molar refractivity (Wildman–Crippen MR) is 112 cm³/mol. The Bertz CT molecular complexity index is 917. The third kappa shape index (κ3) is 4.46. The molecule has 1 saturated heterocycles. The fraction of sp³-hybridized carbons (Fsp3) is 0.476. The van der Waals surface area contributed by atoms with Gasteiger partial charge in [0.2, 0.25) is 5.82 Å². The summed E-state index contributed by atoms with van der Waals surface area (Å²) in [6, 6.07) is 10.3. The summed E-state index contributed by atoms with van der Waals surface area (Å²) in [6.07, 6.45) is 3.84. The first-order chi connectivity index (χ1) is 14.2. The number of hydrogen-bond donors (Lipinski definition) is 1. The van der Waals surface area contributed by atoms with E-state index in [-0.39, 0.29) is 6.04 Å². The van der Waals surface area contributed by atoms with Crippen LogP contribution in [-0.2, 0) is 6.54 Å². The van der Waals surface area contributed by atoms with Crippen molar-refractivity contribution in [1.82, 2.24) is 20.2 Å². The molecule has 0 bridgehead atoms. The van der Waals surface area contributed by atoms with E-state index in [9.17, 15) is 0 Å². The van der Waals surface area contributed by atoms with Gasteiger partial charge in [-0.2, -0.15) is 0 Å². The van der Waals surface area contributed by atoms with Crippen molar-refractivity contribution in [3.05, 3.63) is 58.8 Å². The topological polar surface area (TPSA) is 64.4 Å². The minimum atomic E-state index is 0.285. The van der Waals surface area contributed by atoms with Gasteiger partial charge in [0.25, 0.3) is 0 Å².